The maximum absolute atomic E-state index is 12.6. The molecule has 5 heteroatoms. The third-order valence-corrected chi connectivity index (χ3v) is 4.23. The molecule has 0 unspecified atom stereocenters. The number of anilines is 1. The number of hydrogen-bond acceptors (Lipinski definition) is 2. The second-order valence-corrected chi connectivity index (χ2v) is 5.61. The minimum Gasteiger partial charge on any atom is -0.331 e. The highest BCUT2D eigenvalue weighted by Gasteiger charge is 2.34. The Balaban J connectivity index is 0.00000116. The summed E-state index contributed by atoms with van der Waals surface area (Å²) in [5.74, 6) is -0.0824. The Labute approximate surface area is 138 Å². The van der Waals surface area contributed by atoms with Gasteiger partial charge in [-0.1, -0.05) is 25.4 Å². The smallest absolute Gasteiger partial charge is 0.249 e. The van der Waals surface area contributed by atoms with Crippen molar-refractivity contribution in [3.05, 3.63) is 28.8 Å². The number of hydrogen-bond donors (Lipinski definition) is 0. The van der Waals surface area contributed by atoms with Gasteiger partial charge in [0.2, 0.25) is 11.8 Å². The highest BCUT2D eigenvalue weighted by Crippen LogP contribution is 2.25. The van der Waals surface area contributed by atoms with Gasteiger partial charge >= 0.3 is 0 Å². The Morgan fingerprint density at radius 1 is 1.32 bits per heavy atom. The van der Waals surface area contributed by atoms with Gasteiger partial charge < -0.3 is 9.80 Å². The summed E-state index contributed by atoms with van der Waals surface area (Å²) in [4.78, 5) is 27.4. The molecule has 1 aromatic carbocycles. The van der Waals surface area contributed by atoms with E-state index in [9.17, 15) is 9.59 Å². The minimum absolute atomic E-state index is 0.0402. The van der Waals surface area contributed by atoms with Crippen molar-refractivity contribution in [1.29, 1.82) is 0 Å². The van der Waals surface area contributed by atoms with Crippen LogP contribution < -0.4 is 4.90 Å². The van der Waals surface area contributed by atoms with Crippen LogP contribution in [0.5, 0.6) is 0 Å². The van der Waals surface area contributed by atoms with E-state index in [1.54, 1.807) is 22.9 Å². The molecule has 0 spiro atoms. The molecule has 1 aliphatic heterocycles. The fourth-order valence-electron chi connectivity index (χ4n) is 2.59. The van der Waals surface area contributed by atoms with Gasteiger partial charge in [0.15, 0.2) is 0 Å². The molecule has 0 bridgehead atoms. The van der Waals surface area contributed by atoms with Crippen molar-refractivity contribution in [3.63, 3.8) is 0 Å². The van der Waals surface area contributed by atoms with Gasteiger partial charge in [-0.3, -0.25) is 9.59 Å². The molecule has 2 amide bonds. The average molecular weight is 325 g/mol. The lowest BCUT2D eigenvalue weighted by atomic mass is 10.1. The number of aryl methyl sites for hydroxylation is 1. The van der Waals surface area contributed by atoms with Gasteiger partial charge in [0, 0.05) is 31.2 Å². The second-order valence-electron chi connectivity index (χ2n) is 5.20. The standard InChI is InChI=1S/C15H19ClN2O2.C2H6/c1-10-9-12(6-7-13(10)16)17(3)15(20)14-5-4-8-18(14)11(2)19;1-2/h6-7,9,14H,4-5,8H2,1-3H3;1-2H3/t14-;/m1./s1. The van der Waals surface area contributed by atoms with Crippen molar-refractivity contribution in [2.75, 3.05) is 18.5 Å². The molecule has 1 atom stereocenters. The van der Waals surface area contributed by atoms with Crippen molar-refractivity contribution >= 4 is 29.1 Å². The van der Waals surface area contributed by atoms with Crippen LogP contribution in [-0.4, -0.2) is 36.3 Å². The van der Waals surface area contributed by atoms with Crippen LogP contribution in [0.1, 0.15) is 39.2 Å². The normalized spacial score (nSPS) is 16.8. The van der Waals surface area contributed by atoms with Gasteiger partial charge in [-0.2, -0.15) is 0 Å². The number of amides is 2. The number of likely N-dealkylation sites (tertiary alicyclic amines) is 1. The summed E-state index contributed by atoms with van der Waals surface area (Å²) in [6, 6.07) is 5.15. The zero-order valence-electron chi connectivity index (χ0n) is 14.0. The predicted octanol–water partition coefficient (Wildman–Crippen LogP) is 3.65. The third-order valence-electron chi connectivity index (χ3n) is 3.80. The van der Waals surface area contributed by atoms with Crippen LogP contribution in [-0.2, 0) is 9.59 Å². The van der Waals surface area contributed by atoms with Crippen LogP contribution in [0.4, 0.5) is 5.69 Å². The van der Waals surface area contributed by atoms with Crippen LogP contribution in [0.3, 0.4) is 0 Å². The van der Waals surface area contributed by atoms with Crippen molar-refractivity contribution < 1.29 is 9.59 Å². The Morgan fingerprint density at radius 2 is 1.95 bits per heavy atom. The third kappa shape index (κ3) is 4.01. The predicted molar refractivity (Wildman–Crippen MR) is 91.4 cm³/mol. The van der Waals surface area contributed by atoms with Gasteiger partial charge in [0.25, 0.3) is 0 Å². The molecule has 0 N–H and O–H groups in total. The first-order chi connectivity index (χ1) is 10.4. The van der Waals surface area contributed by atoms with Crippen LogP contribution in [0.2, 0.25) is 5.02 Å². The Morgan fingerprint density at radius 3 is 2.50 bits per heavy atom. The quantitative estimate of drug-likeness (QED) is 0.833. The highest BCUT2D eigenvalue weighted by molar-refractivity contribution is 6.31. The summed E-state index contributed by atoms with van der Waals surface area (Å²) < 4.78 is 0. The van der Waals surface area contributed by atoms with E-state index in [1.165, 1.54) is 6.92 Å². The molecule has 0 radical (unpaired) electrons. The topological polar surface area (TPSA) is 40.6 Å². The first-order valence-electron chi connectivity index (χ1n) is 7.72. The van der Waals surface area contributed by atoms with E-state index in [1.807, 2.05) is 32.9 Å². The number of halogens is 1. The summed E-state index contributed by atoms with van der Waals surface area (Å²) in [6.45, 7) is 8.08. The van der Waals surface area contributed by atoms with Crippen molar-refractivity contribution in [2.24, 2.45) is 0 Å². The van der Waals surface area contributed by atoms with E-state index in [0.29, 0.717) is 11.6 Å². The lowest BCUT2D eigenvalue weighted by Gasteiger charge is -2.27. The molecule has 2 rings (SSSR count). The maximum atomic E-state index is 12.6. The number of carbonyl (C=O) groups excluding carboxylic acids is 2. The summed E-state index contributed by atoms with van der Waals surface area (Å²) in [6.07, 6.45) is 1.61. The fourth-order valence-corrected chi connectivity index (χ4v) is 2.71. The fraction of sp³-hybridized carbons (Fsp3) is 0.529. The summed E-state index contributed by atoms with van der Waals surface area (Å²) >= 11 is 6.00. The zero-order valence-corrected chi connectivity index (χ0v) is 14.8. The zero-order chi connectivity index (χ0) is 16.9. The molecule has 122 valence electrons. The number of rotatable bonds is 2. The summed E-state index contributed by atoms with van der Waals surface area (Å²) in [5, 5.41) is 0.681. The number of benzene rings is 1. The number of nitrogens with zero attached hydrogens (tertiary/aromatic N) is 2. The Kier molecular flexibility index (Phi) is 6.88. The van der Waals surface area contributed by atoms with Crippen LogP contribution in [0.15, 0.2) is 18.2 Å². The van der Waals surface area contributed by atoms with Crippen molar-refractivity contribution in [3.8, 4) is 0 Å². The second kappa shape index (κ2) is 8.18. The Bertz CT molecular complexity index is 545. The first kappa shape index (κ1) is 18.5. The molecular weight excluding hydrogens is 300 g/mol. The molecule has 4 nitrogen and oxygen atoms in total. The van der Waals surface area contributed by atoms with Gasteiger partial charge in [-0.25, -0.2) is 0 Å². The molecule has 0 aromatic heterocycles. The van der Waals surface area contributed by atoms with Crippen LogP contribution in [0.25, 0.3) is 0 Å². The van der Waals surface area contributed by atoms with E-state index in [4.69, 9.17) is 11.6 Å². The summed E-state index contributed by atoms with van der Waals surface area (Å²) in [5.41, 5.74) is 1.73. The highest BCUT2D eigenvalue weighted by atomic mass is 35.5. The average Bonchev–Trinajstić information content (AvgIpc) is 3.00. The monoisotopic (exact) mass is 324 g/mol. The molecule has 1 aliphatic rings. The van der Waals surface area contributed by atoms with Crippen molar-refractivity contribution in [2.45, 2.75) is 46.6 Å². The SMILES string of the molecule is CC.CC(=O)N1CCC[C@@H]1C(=O)N(C)c1ccc(Cl)c(C)c1. The van der Waals surface area contributed by atoms with E-state index in [0.717, 1.165) is 24.1 Å². The molecule has 1 aromatic rings. The molecule has 22 heavy (non-hydrogen) atoms. The maximum Gasteiger partial charge on any atom is 0.249 e. The molecule has 0 saturated carbocycles. The van der Waals surface area contributed by atoms with Gasteiger partial charge in [-0.15, -0.1) is 0 Å². The van der Waals surface area contributed by atoms with E-state index in [2.05, 4.69) is 0 Å². The lowest BCUT2D eigenvalue weighted by molar-refractivity contribution is -0.135. The Hall–Kier alpha value is -1.55. The van der Waals surface area contributed by atoms with Gasteiger partial charge in [0.1, 0.15) is 6.04 Å². The number of carbonyl (C=O) groups is 2. The molecular formula is C17H25ClN2O2. The van der Waals surface area contributed by atoms with Gasteiger partial charge in [-0.05, 0) is 43.5 Å². The van der Waals surface area contributed by atoms with Gasteiger partial charge in [0.05, 0.1) is 0 Å². The number of likely N-dealkylation sites (N-methyl/N-ethyl adjacent to an activating group) is 1. The first-order valence-corrected chi connectivity index (χ1v) is 8.10. The molecule has 1 fully saturated rings. The van der Waals surface area contributed by atoms with Crippen molar-refractivity contribution in [1.82, 2.24) is 4.90 Å². The van der Waals surface area contributed by atoms with E-state index < -0.39 is 0 Å². The summed E-state index contributed by atoms with van der Waals surface area (Å²) in [7, 11) is 1.74. The molecule has 1 saturated heterocycles. The lowest BCUT2D eigenvalue weighted by Crippen LogP contribution is -2.46. The van der Waals surface area contributed by atoms with E-state index >= 15 is 0 Å². The largest absolute Gasteiger partial charge is 0.331 e. The molecule has 1 heterocycles. The minimum atomic E-state index is -0.339. The van der Waals surface area contributed by atoms with E-state index in [-0.39, 0.29) is 17.9 Å². The molecule has 0 aliphatic carbocycles. The van der Waals surface area contributed by atoms with Crippen LogP contribution >= 0.6 is 11.6 Å². The van der Waals surface area contributed by atoms with Crippen LogP contribution in [0, 0.1) is 6.92 Å².